The Morgan fingerprint density at radius 1 is 1.23 bits per heavy atom. The van der Waals surface area contributed by atoms with Gasteiger partial charge in [0, 0.05) is 30.2 Å². The van der Waals surface area contributed by atoms with E-state index in [1.807, 2.05) is 6.07 Å². The molecular formula is C28H24F4N4O4. The van der Waals surface area contributed by atoms with E-state index in [2.05, 4.69) is 15.6 Å². The number of hydrogen-bond donors (Lipinski definition) is 2. The van der Waals surface area contributed by atoms with E-state index in [-0.39, 0.29) is 45.5 Å². The van der Waals surface area contributed by atoms with Gasteiger partial charge in [0.1, 0.15) is 17.5 Å². The number of pyridine rings is 1. The molecule has 0 bridgehead atoms. The molecule has 0 spiro atoms. The second-order valence-corrected chi connectivity index (χ2v) is 9.52. The van der Waals surface area contributed by atoms with Crippen LogP contribution in [0.1, 0.15) is 46.7 Å². The number of nitrogens with zero attached hydrogens (tertiary/aromatic N) is 2. The van der Waals surface area contributed by atoms with Crippen molar-refractivity contribution in [3.05, 3.63) is 65.4 Å². The average molecular weight is 557 g/mol. The molecule has 0 aliphatic heterocycles. The second-order valence-electron chi connectivity index (χ2n) is 9.52. The zero-order valence-electron chi connectivity index (χ0n) is 21.6. The van der Waals surface area contributed by atoms with Crippen LogP contribution >= 0.6 is 0 Å². The molecule has 2 aromatic heterocycles. The Bertz CT molecular complexity index is 1580. The summed E-state index contributed by atoms with van der Waals surface area (Å²) in [5.41, 5.74) is -0.447. The Morgan fingerprint density at radius 2 is 1.98 bits per heavy atom. The zero-order valence-corrected chi connectivity index (χ0v) is 21.6. The third-order valence-electron chi connectivity index (χ3n) is 5.93. The van der Waals surface area contributed by atoms with Crippen LogP contribution in [0.25, 0.3) is 27.8 Å². The number of halogens is 4. The van der Waals surface area contributed by atoms with Crippen molar-refractivity contribution < 1.29 is 36.3 Å². The average Bonchev–Trinajstić information content (AvgIpc) is 3.29. The molecule has 0 radical (unpaired) electrons. The fourth-order valence-electron chi connectivity index (χ4n) is 4.00. The van der Waals surface area contributed by atoms with Gasteiger partial charge in [-0.3, -0.25) is 9.59 Å². The fourth-order valence-corrected chi connectivity index (χ4v) is 4.00. The number of allylic oxidation sites excluding steroid dienone is 4. The summed E-state index contributed by atoms with van der Waals surface area (Å²) in [6, 6.07) is 9.27. The molecule has 40 heavy (non-hydrogen) atoms. The molecule has 3 aromatic rings. The van der Waals surface area contributed by atoms with Crippen LogP contribution < -0.4 is 15.4 Å². The maximum absolute atomic E-state index is 13.7. The first-order chi connectivity index (χ1) is 18.8. The van der Waals surface area contributed by atoms with Crippen molar-refractivity contribution in [1.82, 2.24) is 15.6 Å². The Balaban J connectivity index is 1.90. The third-order valence-corrected chi connectivity index (χ3v) is 5.93. The fraction of sp³-hybridized carbons (Fsp3) is 0.286. The van der Waals surface area contributed by atoms with Gasteiger partial charge in [0.2, 0.25) is 11.6 Å². The van der Waals surface area contributed by atoms with Crippen LogP contribution in [0, 0.1) is 11.3 Å². The highest BCUT2D eigenvalue weighted by atomic mass is 19.4. The second kappa shape index (κ2) is 10.8. The van der Waals surface area contributed by atoms with E-state index in [0.29, 0.717) is 5.57 Å². The molecule has 2 amide bonds. The van der Waals surface area contributed by atoms with Crippen LogP contribution in [0.3, 0.4) is 0 Å². The molecule has 2 N–H and O–H groups in total. The monoisotopic (exact) mass is 556 g/mol. The molecule has 0 fully saturated rings. The van der Waals surface area contributed by atoms with Crippen molar-refractivity contribution in [2.75, 3.05) is 13.7 Å². The summed E-state index contributed by atoms with van der Waals surface area (Å²) < 4.78 is 63.8. The highest BCUT2D eigenvalue weighted by molar-refractivity contribution is 6.10. The number of alkyl halides is 4. The van der Waals surface area contributed by atoms with Crippen molar-refractivity contribution >= 4 is 28.5 Å². The molecule has 12 heteroatoms. The Morgan fingerprint density at radius 3 is 2.60 bits per heavy atom. The maximum Gasteiger partial charge on any atom is 0.422 e. The van der Waals surface area contributed by atoms with Gasteiger partial charge in [-0.1, -0.05) is 24.3 Å². The van der Waals surface area contributed by atoms with Crippen LogP contribution in [0.5, 0.6) is 5.88 Å². The molecule has 1 aliphatic rings. The lowest BCUT2D eigenvalue weighted by atomic mass is 9.98. The molecule has 0 saturated heterocycles. The largest absolute Gasteiger partial charge is 0.467 e. The predicted molar refractivity (Wildman–Crippen MR) is 138 cm³/mol. The normalized spacial score (nSPS) is 15.3. The minimum absolute atomic E-state index is 0.0477. The number of fused-ring (bicyclic) bond motifs is 1. The van der Waals surface area contributed by atoms with E-state index in [4.69, 9.17) is 9.15 Å². The van der Waals surface area contributed by atoms with Crippen LogP contribution in [0.15, 0.2) is 53.0 Å². The summed E-state index contributed by atoms with van der Waals surface area (Å²) in [7, 11) is 1.40. The number of nitrogens with one attached hydrogen (secondary N) is 2. The molecule has 8 nitrogen and oxygen atoms in total. The van der Waals surface area contributed by atoms with Crippen LogP contribution in [0.4, 0.5) is 17.6 Å². The first-order valence-corrected chi connectivity index (χ1v) is 12.1. The van der Waals surface area contributed by atoms with E-state index in [0.717, 1.165) is 0 Å². The van der Waals surface area contributed by atoms with E-state index < -0.39 is 42.2 Å². The molecule has 2 heterocycles. The highest BCUT2D eigenvalue weighted by Gasteiger charge is 2.31. The van der Waals surface area contributed by atoms with Gasteiger partial charge in [-0.15, -0.1) is 0 Å². The predicted octanol–water partition coefficient (Wildman–Crippen LogP) is 5.51. The van der Waals surface area contributed by atoms with Crippen molar-refractivity contribution in [1.29, 1.82) is 5.26 Å². The summed E-state index contributed by atoms with van der Waals surface area (Å²) in [6.07, 6.45) is -1.54. The summed E-state index contributed by atoms with van der Waals surface area (Å²) in [4.78, 5) is 29.9. The van der Waals surface area contributed by atoms with Crippen LogP contribution in [-0.4, -0.2) is 48.3 Å². The number of carbonyl (C=O) groups is 2. The van der Waals surface area contributed by atoms with Gasteiger partial charge in [-0.05, 0) is 43.7 Å². The van der Waals surface area contributed by atoms with Gasteiger partial charge in [0.15, 0.2) is 6.61 Å². The Kier molecular flexibility index (Phi) is 7.68. The summed E-state index contributed by atoms with van der Waals surface area (Å²) in [5.74, 6) is -1.52. The number of carbonyl (C=O) groups excluding carboxylic acids is 2. The molecule has 4 rings (SSSR count). The van der Waals surface area contributed by atoms with Gasteiger partial charge in [0.05, 0.1) is 17.0 Å². The number of rotatable bonds is 7. The highest BCUT2D eigenvalue weighted by Crippen LogP contribution is 2.39. The number of nitriles is 1. The summed E-state index contributed by atoms with van der Waals surface area (Å²) in [5, 5.41) is 14.5. The molecule has 1 aliphatic carbocycles. The lowest BCUT2D eigenvalue weighted by Crippen LogP contribution is -2.42. The van der Waals surface area contributed by atoms with E-state index in [9.17, 15) is 32.4 Å². The number of furan rings is 1. The van der Waals surface area contributed by atoms with Crippen molar-refractivity contribution in [3.8, 4) is 23.1 Å². The molecule has 208 valence electrons. The Labute approximate surface area is 226 Å². The first kappa shape index (κ1) is 28.4. The lowest BCUT2D eigenvalue weighted by molar-refractivity contribution is -0.154. The van der Waals surface area contributed by atoms with Crippen LogP contribution in [-0.2, 0) is 0 Å². The van der Waals surface area contributed by atoms with E-state index in [1.165, 1.54) is 63.4 Å². The number of aromatic nitrogens is 1. The smallest absolute Gasteiger partial charge is 0.422 e. The van der Waals surface area contributed by atoms with E-state index in [1.54, 1.807) is 6.08 Å². The SMILES string of the molecule is CNC(=O)c1c(C2=CCC(F)C=C2)oc2nc(OCC(F)(F)F)c(-c3cccc(C(=O)NC(C)(C)C#N)c3)cc12. The maximum atomic E-state index is 13.7. The van der Waals surface area contributed by atoms with Gasteiger partial charge >= 0.3 is 6.18 Å². The quantitative estimate of drug-likeness (QED) is 0.371. The van der Waals surface area contributed by atoms with Crippen LogP contribution in [0.2, 0.25) is 0 Å². The molecule has 1 aromatic carbocycles. The number of amides is 2. The van der Waals surface area contributed by atoms with Gasteiger partial charge in [-0.25, -0.2) is 4.39 Å². The molecule has 0 saturated carbocycles. The zero-order chi connectivity index (χ0) is 29.2. The minimum atomic E-state index is -4.68. The number of ether oxygens (including phenoxy) is 1. The molecule has 1 atom stereocenters. The van der Waals surface area contributed by atoms with Crippen molar-refractivity contribution in [2.45, 2.75) is 38.2 Å². The lowest BCUT2D eigenvalue weighted by Gasteiger charge is -2.18. The van der Waals surface area contributed by atoms with Gasteiger partial charge < -0.3 is 19.8 Å². The summed E-state index contributed by atoms with van der Waals surface area (Å²) >= 11 is 0. The third kappa shape index (κ3) is 6.14. The molecule has 1 unspecified atom stereocenters. The van der Waals surface area contributed by atoms with Crippen molar-refractivity contribution in [2.24, 2.45) is 0 Å². The number of hydrogen-bond acceptors (Lipinski definition) is 6. The summed E-state index contributed by atoms with van der Waals surface area (Å²) in [6.45, 7) is 1.37. The number of benzene rings is 1. The minimum Gasteiger partial charge on any atom is -0.467 e. The standard InChI is InChI=1S/C28H24F4N4O4/c1-27(2,13-33)36-23(37)17-6-4-5-16(11-17)19-12-20-21(24(38)34-3)22(15-7-9-18(29)10-8-15)40-26(20)35-25(19)39-14-28(30,31)32/h4-9,11-12,18H,10,14H2,1-3H3,(H,34,38)(H,36,37). The molecular weight excluding hydrogens is 532 g/mol. The first-order valence-electron chi connectivity index (χ1n) is 12.1. The Hall–Kier alpha value is -4.66. The topological polar surface area (TPSA) is 117 Å². The van der Waals surface area contributed by atoms with Gasteiger partial charge in [0.25, 0.3) is 11.8 Å². The van der Waals surface area contributed by atoms with E-state index >= 15 is 0 Å². The van der Waals surface area contributed by atoms with Crippen molar-refractivity contribution in [3.63, 3.8) is 0 Å². The van der Waals surface area contributed by atoms with Gasteiger partial charge in [-0.2, -0.15) is 23.4 Å².